The van der Waals surface area contributed by atoms with Crippen LogP contribution in [0.5, 0.6) is 11.5 Å². The van der Waals surface area contributed by atoms with Crippen molar-refractivity contribution in [1.82, 2.24) is 9.55 Å². The van der Waals surface area contributed by atoms with E-state index in [1.165, 1.54) is 72.3 Å². The number of benzene rings is 9. The minimum Gasteiger partial charge on any atom is -0.457 e. The molecule has 5 nitrogen and oxygen atoms in total. The SMILES string of the molecule is CC(C)(C)c1ccnc(-n2c3cc(Oc4cccc(N5CN(c6c(-c7ccccc7)cc(C(C)(C)C)cc6-c6ccccc6)c6ccccc65)c4)ccc3c3ccc(C4(C)c5ccccc5-c5ccccc54)cc32)c1. The van der Waals surface area contributed by atoms with Gasteiger partial charge in [0, 0.05) is 51.3 Å². The molecule has 0 spiro atoms. The summed E-state index contributed by atoms with van der Waals surface area (Å²) in [6, 6.07) is 79.7. The fourth-order valence-electron chi connectivity index (χ4n) is 11.9. The van der Waals surface area contributed by atoms with Gasteiger partial charge in [-0.1, -0.05) is 181 Å². The number of hydrogen-bond donors (Lipinski definition) is 0. The highest BCUT2D eigenvalue weighted by Crippen LogP contribution is 2.54. The molecule has 9 aromatic carbocycles. The lowest BCUT2D eigenvalue weighted by Gasteiger charge is -2.30. The number of ether oxygens (including phenoxy) is 1. The standard InChI is InChI=1S/C70H60N4O/c1-68(2,3)48-37-38-71-66(42-48)74-64-41-49(70(7)60-29-16-14-27-54(60)55-28-15-17-30-61(55)70)33-35-56(64)57-36-34-53(44-65(57)74)75-52-26-20-25-51(43-52)72-45-73(63-32-19-18-31-62(63)72)67-58(46-21-10-8-11-22-46)39-50(69(4,5)6)40-59(67)47-23-12-9-13-24-47/h8-44H,45H2,1-7H3. The van der Waals surface area contributed by atoms with Crippen LogP contribution in [-0.2, 0) is 16.2 Å². The molecule has 3 heterocycles. The smallest absolute Gasteiger partial charge is 0.137 e. The van der Waals surface area contributed by atoms with Gasteiger partial charge >= 0.3 is 0 Å². The molecule has 366 valence electrons. The number of aromatic nitrogens is 2. The lowest BCUT2D eigenvalue weighted by Crippen LogP contribution is -2.25. The molecule has 75 heavy (non-hydrogen) atoms. The third-order valence-corrected chi connectivity index (χ3v) is 15.9. The second kappa shape index (κ2) is 17.5. The van der Waals surface area contributed by atoms with Gasteiger partial charge in [0.25, 0.3) is 0 Å². The zero-order chi connectivity index (χ0) is 51.2. The van der Waals surface area contributed by atoms with Crippen LogP contribution >= 0.6 is 0 Å². The predicted molar refractivity (Wildman–Crippen MR) is 313 cm³/mol. The zero-order valence-electron chi connectivity index (χ0n) is 43.8. The van der Waals surface area contributed by atoms with E-state index in [-0.39, 0.29) is 16.2 Å². The van der Waals surface area contributed by atoms with E-state index >= 15 is 0 Å². The Labute approximate surface area is 441 Å². The zero-order valence-corrected chi connectivity index (χ0v) is 43.8. The molecule has 0 N–H and O–H groups in total. The van der Waals surface area contributed by atoms with Gasteiger partial charge in [0.1, 0.15) is 24.0 Å². The van der Waals surface area contributed by atoms with Crippen LogP contribution in [0, 0.1) is 0 Å². The summed E-state index contributed by atoms with van der Waals surface area (Å²) < 4.78 is 9.32. The fraction of sp³-hybridized carbons (Fsp3) is 0.157. The number of para-hydroxylation sites is 2. The minimum absolute atomic E-state index is 0.0611. The number of anilines is 4. The highest BCUT2D eigenvalue weighted by atomic mass is 16.5. The first-order valence-electron chi connectivity index (χ1n) is 26.3. The van der Waals surface area contributed by atoms with Crippen LogP contribution in [0.4, 0.5) is 22.7 Å². The molecule has 0 atom stereocenters. The summed E-state index contributed by atoms with van der Waals surface area (Å²) in [5.74, 6) is 2.40. The third-order valence-electron chi connectivity index (χ3n) is 15.9. The summed E-state index contributed by atoms with van der Waals surface area (Å²) >= 11 is 0. The third kappa shape index (κ3) is 7.71. The van der Waals surface area contributed by atoms with Crippen LogP contribution in [0.15, 0.2) is 225 Å². The maximum atomic E-state index is 6.98. The Morgan fingerprint density at radius 3 is 1.63 bits per heavy atom. The molecule has 11 aromatic rings. The van der Waals surface area contributed by atoms with Crippen molar-refractivity contribution >= 4 is 44.6 Å². The first-order chi connectivity index (χ1) is 36.3. The van der Waals surface area contributed by atoms with Crippen molar-refractivity contribution in [2.45, 2.75) is 64.7 Å². The Hall–Kier alpha value is -8.67. The van der Waals surface area contributed by atoms with E-state index in [4.69, 9.17) is 9.72 Å². The molecule has 2 aromatic heterocycles. The number of fused-ring (bicyclic) bond motifs is 7. The van der Waals surface area contributed by atoms with Crippen molar-refractivity contribution in [3.8, 4) is 50.7 Å². The second-order valence-electron chi connectivity index (χ2n) is 22.6. The van der Waals surface area contributed by atoms with E-state index in [0.717, 1.165) is 50.8 Å². The molecule has 13 rings (SSSR count). The van der Waals surface area contributed by atoms with E-state index < -0.39 is 0 Å². The van der Waals surface area contributed by atoms with Crippen molar-refractivity contribution in [3.63, 3.8) is 0 Å². The molecule has 0 bridgehead atoms. The maximum absolute atomic E-state index is 6.98. The van der Waals surface area contributed by atoms with Gasteiger partial charge in [-0.3, -0.25) is 4.57 Å². The maximum Gasteiger partial charge on any atom is 0.137 e. The van der Waals surface area contributed by atoms with E-state index in [0.29, 0.717) is 6.67 Å². The topological polar surface area (TPSA) is 33.5 Å². The minimum atomic E-state index is -0.346. The van der Waals surface area contributed by atoms with Gasteiger partial charge in [-0.05, 0) is 135 Å². The van der Waals surface area contributed by atoms with Crippen LogP contribution in [0.2, 0.25) is 0 Å². The summed E-state index contributed by atoms with van der Waals surface area (Å²) in [6.07, 6.45) is 1.96. The summed E-state index contributed by atoms with van der Waals surface area (Å²) in [7, 11) is 0. The molecular weight excluding hydrogens is 913 g/mol. The highest BCUT2D eigenvalue weighted by Gasteiger charge is 2.41. The van der Waals surface area contributed by atoms with Crippen molar-refractivity contribution in [1.29, 1.82) is 0 Å². The molecule has 1 aliphatic heterocycles. The highest BCUT2D eigenvalue weighted by molar-refractivity contribution is 6.10. The van der Waals surface area contributed by atoms with Gasteiger partial charge in [0.15, 0.2) is 0 Å². The van der Waals surface area contributed by atoms with Crippen molar-refractivity contribution in [2.75, 3.05) is 16.5 Å². The molecule has 0 fully saturated rings. The van der Waals surface area contributed by atoms with Crippen molar-refractivity contribution in [2.24, 2.45) is 0 Å². The Balaban J connectivity index is 0.911. The molecule has 0 radical (unpaired) electrons. The summed E-state index contributed by atoms with van der Waals surface area (Å²) in [5.41, 5.74) is 20.0. The van der Waals surface area contributed by atoms with E-state index in [1.807, 2.05) is 6.20 Å². The summed E-state index contributed by atoms with van der Waals surface area (Å²) in [6.45, 7) is 16.7. The molecule has 0 saturated carbocycles. The number of hydrogen-bond acceptors (Lipinski definition) is 4. The average Bonchev–Trinajstić information content (AvgIpc) is 4.07. The molecule has 0 amide bonds. The normalized spacial score (nSPS) is 13.8. The average molecular weight is 973 g/mol. The van der Waals surface area contributed by atoms with Crippen LogP contribution in [-0.4, -0.2) is 16.2 Å². The first-order valence-corrected chi connectivity index (χ1v) is 26.3. The van der Waals surface area contributed by atoms with Crippen LogP contribution < -0.4 is 14.5 Å². The lowest BCUT2D eigenvalue weighted by molar-refractivity contribution is 0.483. The van der Waals surface area contributed by atoms with Crippen LogP contribution in [0.3, 0.4) is 0 Å². The van der Waals surface area contributed by atoms with E-state index in [1.54, 1.807) is 0 Å². The van der Waals surface area contributed by atoms with Gasteiger partial charge in [-0.15, -0.1) is 0 Å². The molecule has 0 saturated heterocycles. The van der Waals surface area contributed by atoms with Crippen molar-refractivity contribution < 1.29 is 4.74 Å². The predicted octanol–water partition coefficient (Wildman–Crippen LogP) is 18.5. The largest absolute Gasteiger partial charge is 0.457 e. The first kappa shape index (κ1) is 46.1. The number of pyridine rings is 1. The molecular formula is C70H60N4O. The van der Waals surface area contributed by atoms with Gasteiger partial charge in [0.05, 0.1) is 28.1 Å². The Morgan fingerprint density at radius 2 is 1.00 bits per heavy atom. The summed E-state index contributed by atoms with van der Waals surface area (Å²) in [5, 5.41) is 2.32. The van der Waals surface area contributed by atoms with E-state index in [2.05, 4.69) is 281 Å². The molecule has 5 heteroatoms. The van der Waals surface area contributed by atoms with Gasteiger partial charge < -0.3 is 14.5 Å². The van der Waals surface area contributed by atoms with Gasteiger partial charge in [-0.2, -0.15) is 0 Å². The monoisotopic (exact) mass is 972 g/mol. The second-order valence-corrected chi connectivity index (χ2v) is 22.6. The fourth-order valence-corrected chi connectivity index (χ4v) is 11.9. The summed E-state index contributed by atoms with van der Waals surface area (Å²) in [4.78, 5) is 10.0. The quantitative estimate of drug-likeness (QED) is 0.152. The van der Waals surface area contributed by atoms with Gasteiger partial charge in [0.2, 0.25) is 0 Å². The van der Waals surface area contributed by atoms with E-state index in [9.17, 15) is 0 Å². The van der Waals surface area contributed by atoms with Gasteiger partial charge in [-0.25, -0.2) is 4.98 Å². The number of rotatable bonds is 8. The molecule has 2 aliphatic rings. The lowest BCUT2D eigenvalue weighted by atomic mass is 9.74. The van der Waals surface area contributed by atoms with Crippen LogP contribution in [0.25, 0.3) is 61.0 Å². The van der Waals surface area contributed by atoms with Crippen molar-refractivity contribution in [3.05, 3.63) is 252 Å². The Kier molecular flexibility index (Phi) is 10.8. The number of nitrogens with zero attached hydrogens (tertiary/aromatic N) is 4. The Bertz CT molecular complexity index is 3900. The van der Waals surface area contributed by atoms with Crippen LogP contribution in [0.1, 0.15) is 76.3 Å². The Morgan fingerprint density at radius 1 is 0.453 bits per heavy atom. The molecule has 1 aliphatic carbocycles. The molecule has 0 unspecified atom stereocenters.